The molecule has 0 heterocycles. The largest absolute Gasteiger partial charge is 0.497 e. The average Bonchev–Trinajstić information content (AvgIpc) is 2.45. The molecule has 0 saturated heterocycles. The summed E-state index contributed by atoms with van der Waals surface area (Å²) in [7, 11) is 1.60. The van der Waals surface area contributed by atoms with Crippen LogP contribution in [0.1, 0.15) is 22.8 Å². The number of hydrogen-bond acceptors (Lipinski definition) is 3. The van der Waals surface area contributed by atoms with E-state index in [4.69, 9.17) is 9.47 Å². The number of ether oxygens (including phenoxy) is 2. The summed E-state index contributed by atoms with van der Waals surface area (Å²) in [6.45, 7) is 1.65. The second-order valence-electron chi connectivity index (χ2n) is 4.33. The average molecular weight is 274 g/mol. The molecule has 0 atom stereocenters. The van der Waals surface area contributed by atoms with Crippen LogP contribution in [-0.2, 0) is 6.61 Å². The lowest BCUT2D eigenvalue weighted by molar-refractivity contribution is 0.101. The third kappa shape index (κ3) is 3.35. The lowest BCUT2D eigenvalue weighted by atomic mass is 10.1. The molecular formula is C16H15FO3. The molecule has 0 amide bonds. The number of carbonyl (C=O) groups is 1. The Balaban J connectivity index is 2.03. The van der Waals surface area contributed by atoms with Gasteiger partial charge in [0.2, 0.25) is 0 Å². The maximum absolute atomic E-state index is 13.6. The van der Waals surface area contributed by atoms with Crippen LogP contribution in [0.15, 0.2) is 42.5 Å². The van der Waals surface area contributed by atoms with E-state index in [9.17, 15) is 9.18 Å². The van der Waals surface area contributed by atoms with E-state index >= 15 is 0 Å². The van der Waals surface area contributed by atoms with Crippen molar-refractivity contribution in [2.75, 3.05) is 7.11 Å². The number of rotatable bonds is 5. The monoisotopic (exact) mass is 274 g/mol. The molecule has 2 rings (SSSR count). The Labute approximate surface area is 117 Å². The minimum atomic E-state index is -0.565. The summed E-state index contributed by atoms with van der Waals surface area (Å²) < 4.78 is 24.2. The van der Waals surface area contributed by atoms with E-state index in [1.54, 1.807) is 13.2 Å². The van der Waals surface area contributed by atoms with Gasteiger partial charge in [0, 0.05) is 6.07 Å². The van der Waals surface area contributed by atoms with Gasteiger partial charge >= 0.3 is 0 Å². The number of halogens is 1. The molecule has 0 aliphatic carbocycles. The van der Waals surface area contributed by atoms with Crippen molar-refractivity contribution in [1.82, 2.24) is 0 Å². The molecule has 0 spiro atoms. The van der Waals surface area contributed by atoms with E-state index in [1.165, 1.54) is 19.1 Å². The van der Waals surface area contributed by atoms with Gasteiger partial charge < -0.3 is 9.47 Å². The summed E-state index contributed by atoms with van der Waals surface area (Å²) >= 11 is 0. The van der Waals surface area contributed by atoms with Crippen LogP contribution in [0.4, 0.5) is 4.39 Å². The smallest absolute Gasteiger partial charge is 0.162 e. The van der Waals surface area contributed by atoms with Gasteiger partial charge in [0.25, 0.3) is 0 Å². The van der Waals surface area contributed by atoms with Gasteiger partial charge in [-0.3, -0.25) is 4.79 Å². The fraction of sp³-hybridized carbons (Fsp3) is 0.188. The minimum absolute atomic E-state index is 0.0711. The number of carbonyl (C=O) groups excluding carboxylic acids is 1. The molecule has 0 unspecified atom stereocenters. The van der Waals surface area contributed by atoms with Crippen LogP contribution in [0.5, 0.6) is 11.5 Å². The lowest BCUT2D eigenvalue weighted by Gasteiger charge is -2.08. The molecule has 2 aromatic carbocycles. The van der Waals surface area contributed by atoms with Crippen molar-refractivity contribution in [3.8, 4) is 11.5 Å². The summed E-state index contributed by atoms with van der Waals surface area (Å²) in [4.78, 5) is 11.1. The third-order valence-corrected chi connectivity index (χ3v) is 2.88. The van der Waals surface area contributed by atoms with Crippen LogP contribution in [0.25, 0.3) is 0 Å². The first kappa shape index (κ1) is 14.1. The van der Waals surface area contributed by atoms with Crippen molar-refractivity contribution in [2.45, 2.75) is 13.5 Å². The first-order valence-electron chi connectivity index (χ1n) is 6.16. The van der Waals surface area contributed by atoms with E-state index in [2.05, 4.69) is 0 Å². The predicted octanol–water partition coefficient (Wildman–Crippen LogP) is 3.62. The van der Waals surface area contributed by atoms with E-state index in [1.807, 2.05) is 24.3 Å². The summed E-state index contributed by atoms with van der Waals surface area (Å²) in [6.07, 6.45) is 0. The van der Waals surface area contributed by atoms with Crippen molar-refractivity contribution in [2.24, 2.45) is 0 Å². The number of Topliss-reactive ketones (excluding diaryl/α,β-unsaturated/α-hetero) is 1. The highest BCUT2D eigenvalue weighted by molar-refractivity contribution is 5.94. The first-order valence-corrected chi connectivity index (χ1v) is 6.16. The number of ketones is 1. The van der Waals surface area contributed by atoms with Gasteiger partial charge in [-0.2, -0.15) is 0 Å². The Morgan fingerprint density at radius 1 is 1.10 bits per heavy atom. The van der Waals surface area contributed by atoms with Crippen LogP contribution in [0.3, 0.4) is 0 Å². The predicted molar refractivity (Wildman–Crippen MR) is 73.7 cm³/mol. The molecular weight excluding hydrogens is 259 g/mol. The number of hydrogen-bond donors (Lipinski definition) is 0. The van der Waals surface area contributed by atoms with Gasteiger partial charge in [-0.1, -0.05) is 12.1 Å². The van der Waals surface area contributed by atoms with Gasteiger partial charge in [-0.15, -0.1) is 0 Å². The molecule has 20 heavy (non-hydrogen) atoms. The zero-order valence-corrected chi connectivity index (χ0v) is 11.4. The molecule has 0 aliphatic rings. The molecule has 104 valence electrons. The second-order valence-corrected chi connectivity index (χ2v) is 4.33. The fourth-order valence-corrected chi connectivity index (χ4v) is 1.76. The van der Waals surface area contributed by atoms with Crippen molar-refractivity contribution >= 4 is 5.78 Å². The van der Waals surface area contributed by atoms with Crippen molar-refractivity contribution in [3.63, 3.8) is 0 Å². The van der Waals surface area contributed by atoms with Crippen molar-refractivity contribution < 1.29 is 18.7 Å². The Morgan fingerprint density at radius 3 is 2.30 bits per heavy atom. The third-order valence-electron chi connectivity index (χ3n) is 2.88. The van der Waals surface area contributed by atoms with Gasteiger partial charge in [-0.25, -0.2) is 4.39 Å². The normalized spacial score (nSPS) is 10.2. The quantitative estimate of drug-likeness (QED) is 0.781. The van der Waals surface area contributed by atoms with E-state index in [0.29, 0.717) is 12.4 Å². The summed E-state index contributed by atoms with van der Waals surface area (Å²) in [6, 6.07) is 11.7. The Bertz CT molecular complexity index is 606. The Hall–Kier alpha value is -2.36. The number of methoxy groups -OCH3 is 1. The summed E-state index contributed by atoms with van der Waals surface area (Å²) in [5.41, 5.74) is 1.02. The highest BCUT2D eigenvalue weighted by atomic mass is 19.1. The Morgan fingerprint density at radius 2 is 1.75 bits per heavy atom. The zero-order chi connectivity index (χ0) is 14.5. The topological polar surface area (TPSA) is 35.5 Å². The molecule has 0 fully saturated rings. The molecule has 0 radical (unpaired) electrons. The maximum atomic E-state index is 13.6. The molecule has 0 saturated carbocycles. The summed E-state index contributed by atoms with van der Waals surface area (Å²) in [5, 5.41) is 0. The molecule has 0 aliphatic heterocycles. The van der Waals surface area contributed by atoms with Crippen LogP contribution in [0.2, 0.25) is 0 Å². The zero-order valence-electron chi connectivity index (χ0n) is 11.4. The molecule has 2 aromatic rings. The summed E-state index contributed by atoms with van der Waals surface area (Å²) in [5.74, 6) is 0.294. The van der Waals surface area contributed by atoms with Gasteiger partial charge in [0.1, 0.15) is 23.9 Å². The van der Waals surface area contributed by atoms with Crippen LogP contribution >= 0.6 is 0 Å². The fourth-order valence-electron chi connectivity index (χ4n) is 1.76. The van der Waals surface area contributed by atoms with Gasteiger partial charge in [0.15, 0.2) is 5.78 Å². The van der Waals surface area contributed by atoms with E-state index < -0.39 is 5.82 Å². The van der Waals surface area contributed by atoms with Gasteiger partial charge in [-0.05, 0) is 36.8 Å². The standard InChI is InChI=1S/C16H15FO3/c1-11(18)15-8-7-14(9-16(15)17)20-10-12-3-5-13(19-2)6-4-12/h3-9H,10H2,1-2H3. The Kier molecular flexibility index (Phi) is 4.35. The van der Waals surface area contributed by atoms with Crippen LogP contribution in [-0.4, -0.2) is 12.9 Å². The second kappa shape index (κ2) is 6.19. The lowest BCUT2D eigenvalue weighted by Crippen LogP contribution is -1.99. The van der Waals surface area contributed by atoms with Crippen LogP contribution < -0.4 is 9.47 Å². The van der Waals surface area contributed by atoms with Crippen molar-refractivity contribution in [3.05, 3.63) is 59.4 Å². The first-order chi connectivity index (χ1) is 9.60. The SMILES string of the molecule is COc1ccc(COc2ccc(C(C)=O)c(F)c2)cc1. The molecule has 0 N–H and O–H groups in total. The molecule has 4 heteroatoms. The van der Waals surface area contributed by atoms with E-state index in [-0.39, 0.29) is 11.3 Å². The minimum Gasteiger partial charge on any atom is -0.497 e. The maximum Gasteiger partial charge on any atom is 0.162 e. The molecule has 0 bridgehead atoms. The highest BCUT2D eigenvalue weighted by Crippen LogP contribution is 2.19. The van der Waals surface area contributed by atoms with Crippen LogP contribution in [0, 0.1) is 5.82 Å². The molecule has 0 aromatic heterocycles. The van der Waals surface area contributed by atoms with Gasteiger partial charge in [0.05, 0.1) is 12.7 Å². The van der Waals surface area contributed by atoms with E-state index in [0.717, 1.165) is 11.3 Å². The highest BCUT2D eigenvalue weighted by Gasteiger charge is 2.08. The number of benzene rings is 2. The van der Waals surface area contributed by atoms with Crippen molar-refractivity contribution in [1.29, 1.82) is 0 Å². The molecule has 3 nitrogen and oxygen atoms in total.